The van der Waals surface area contributed by atoms with Gasteiger partial charge >= 0.3 is 6.03 Å². The summed E-state index contributed by atoms with van der Waals surface area (Å²) in [6, 6.07) is 3.15. The molecule has 1 unspecified atom stereocenters. The number of nitrogens with one attached hydrogen (secondary N) is 1. The molecule has 2 aromatic heterocycles. The number of urea groups is 1. The topological polar surface area (TPSA) is 114 Å². The van der Waals surface area contributed by atoms with Crippen molar-refractivity contribution >= 4 is 16.1 Å². The van der Waals surface area contributed by atoms with E-state index in [2.05, 4.69) is 15.5 Å². The van der Waals surface area contributed by atoms with Crippen LogP contribution in [0, 0.1) is 0 Å². The number of amides is 2. The van der Waals surface area contributed by atoms with Crippen molar-refractivity contribution in [1.29, 1.82) is 0 Å². The molecule has 11 heteroatoms. The fraction of sp³-hybridized carbons (Fsp3) is 0.611. The van der Waals surface area contributed by atoms with Crippen LogP contribution in [0.2, 0.25) is 0 Å². The highest BCUT2D eigenvalue weighted by Crippen LogP contribution is 2.32. The van der Waals surface area contributed by atoms with Crippen LogP contribution in [0.5, 0.6) is 0 Å². The largest absolute Gasteiger partial charge is 0.467 e. The molecule has 0 spiro atoms. The zero-order valence-corrected chi connectivity index (χ0v) is 17.3. The van der Waals surface area contributed by atoms with Crippen molar-refractivity contribution in [2.75, 3.05) is 25.9 Å². The van der Waals surface area contributed by atoms with E-state index in [1.165, 1.54) is 10.6 Å². The predicted molar refractivity (Wildman–Crippen MR) is 104 cm³/mol. The molecule has 2 aliphatic rings. The molecule has 1 atom stereocenters. The Morgan fingerprint density at radius 3 is 2.86 bits per heavy atom. The van der Waals surface area contributed by atoms with Gasteiger partial charge in [-0.15, -0.1) is 10.2 Å². The fourth-order valence-electron chi connectivity index (χ4n) is 4.04. The first-order chi connectivity index (χ1) is 13.9. The number of aromatic nitrogens is 3. The smallest absolute Gasteiger partial charge is 0.317 e. The molecular formula is C18H26N6O4S. The second kappa shape index (κ2) is 8.15. The number of piperidine rings is 1. The van der Waals surface area contributed by atoms with Crippen LogP contribution in [0.25, 0.3) is 0 Å². The number of fused-ring (bicyclic) bond motifs is 1. The highest BCUT2D eigenvalue weighted by molar-refractivity contribution is 7.88. The van der Waals surface area contributed by atoms with Crippen LogP contribution in [-0.2, 0) is 29.5 Å². The summed E-state index contributed by atoms with van der Waals surface area (Å²) in [5.74, 6) is 2.18. The molecule has 158 valence electrons. The first-order valence-corrected chi connectivity index (χ1v) is 11.7. The molecule has 10 nitrogen and oxygen atoms in total. The van der Waals surface area contributed by atoms with Gasteiger partial charge in [-0.25, -0.2) is 13.2 Å². The van der Waals surface area contributed by atoms with Gasteiger partial charge in [0.25, 0.3) is 0 Å². The number of furan rings is 1. The average Bonchev–Trinajstić information content (AvgIpc) is 3.31. The lowest BCUT2D eigenvalue weighted by molar-refractivity contribution is 0.196. The average molecular weight is 423 g/mol. The normalized spacial score (nSPS) is 20.9. The zero-order chi connectivity index (χ0) is 20.4. The van der Waals surface area contributed by atoms with Crippen molar-refractivity contribution in [2.24, 2.45) is 0 Å². The van der Waals surface area contributed by atoms with Crippen molar-refractivity contribution in [2.45, 2.75) is 44.8 Å². The van der Waals surface area contributed by atoms with E-state index < -0.39 is 10.0 Å². The van der Waals surface area contributed by atoms with Crippen LogP contribution >= 0.6 is 0 Å². The van der Waals surface area contributed by atoms with Gasteiger partial charge in [0, 0.05) is 32.6 Å². The molecule has 4 heterocycles. The first-order valence-electron chi connectivity index (χ1n) is 9.87. The standard InChI is InChI=1S/C18H26N6O4S/c1-29(26,27)24-8-3-2-6-15(24)17-21-20-16-7-9-22(10-11-23(16)17)18(25)19-13-14-5-4-12-28-14/h4-5,12,15H,2-3,6-11,13H2,1H3,(H,19,25). The third-order valence-electron chi connectivity index (χ3n) is 5.51. The summed E-state index contributed by atoms with van der Waals surface area (Å²) >= 11 is 0. The van der Waals surface area contributed by atoms with E-state index in [0.717, 1.165) is 25.1 Å². The Labute approximate surface area is 169 Å². The minimum absolute atomic E-state index is 0.155. The van der Waals surface area contributed by atoms with Crippen LogP contribution in [0.15, 0.2) is 22.8 Å². The van der Waals surface area contributed by atoms with Gasteiger partial charge in [-0.3, -0.25) is 0 Å². The highest BCUT2D eigenvalue weighted by atomic mass is 32.2. The van der Waals surface area contributed by atoms with Gasteiger partial charge in [0.15, 0.2) is 5.82 Å². The molecule has 29 heavy (non-hydrogen) atoms. The molecule has 0 bridgehead atoms. The summed E-state index contributed by atoms with van der Waals surface area (Å²) in [7, 11) is -3.32. The Morgan fingerprint density at radius 2 is 2.10 bits per heavy atom. The molecule has 2 aliphatic heterocycles. The van der Waals surface area contributed by atoms with Crippen LogP contribution in [0.1, 0.15) is 42.7 Å². The molecule has 0 saturated carbocycles. The van der Waals surface area contributed by atoms with Gasteiger partial charge in [-0.2, -0.15) is 4.31 Å². The minimum atomic E-state index is -3.32. The second-order valence-electron chi connectivity index (χ2n) is 7.49. The maximum absolute atomic E-state index is 12.5. The van der Waals surface area contributed by atoms with Crippen molar-refractivity contribution in [3.05, 3.63) is 35.8 Å². The van der Waals surface area contributed by atoms with Gasteiger partial charge < -0.3 is 19.2 Å². The van der Waals surface area contributed by atoms with Gasteiger partial charge in [-0.1, -0.05) is 6.42 Å². The Kier molecular flexibility index (Phi) is 5.59. The van der Waals surface area contributed by atoms with E-state index in [0.29, 0.717) is 50.7 Å². The fourth-order valence-corrected chi connectivity index (χ4v) is 5.17. The maximum atomic E-state index is 12.5. The molecule has 0 radical (unpaired) electrons. The van der Waals surface area contributed by atoms with Crippen molar-refractivity contribution < 1.29 is 17.6 Å². The van der Waals surface area contributed by atoms with E-state index in [4.69, 9.17) is 4.42 Å². The first kappa shape index (κ1) is 19.9. The van der Waals surface area contributed by atoms with Crippen molar-refractivity contribution in [3.8, 4) is 0 Å². The number of carbonyl (C=O) groups is 1. The van der Waals surface area contributed by atoms with E-state index in [1.807, 2.05) is 10.6 Å². The van der Waals surface area contributed by atoms with E-state index in [-0.39, 0.29) is 12.1 Å². The Morgan fingerprint density at radius 1 is 1.24 bits per heavy atom. The van der Waals surface area contributed by atoms with Gasteiger partial charge in [0.05, 0.1) is 25.1 Å². The van der Waals surface area contributed by atoms with Crippen molar-refractivity contribution in [1.82, 2.24) is 29.3 Å². The Hall–Kier alpha value is -2.40. The molecule has 2 aromatic rings. The lowest BCUT2D eigenvalue weighted by Crippen LogP contribution is -2.41. The molecule has 2 amide bonds. The number of sulfonamides is 1. The molecule has 0 aromatic carbocycles. The SMILES string of the molecule is CS(=O)(=O)N1CCCCC1c1nnc2n1CCN(C(=O)NCc1ccco1)CC2. The summed E-state index contributed by atoms with van der Waals surface area (Å²) in [5, 5.41) is 11.5. The van der Waals surface area contributed by atoms with Gasteiger partial charge in [-0.05, 0) is 25.0 Å². The quantitative estimate of drug-likeness (QED) is 0.790. The maximum Gasteiger partial charge on any atom is 0.317 e. The van der Waals surface area contributed by atoms with Crippen LogP contribution in [0.4, 0.5) is 4.79 Å². The molecule has 1 fully saturated rings. The highest BCUT2D eigenvalue weighted by Gasteiger charge is 2.35. The zero-order valence-electron chi connectivity index (χ0n) is 16.5. The summed E-state index contributed by atoms with van der Waals surface area (Å²) < 4.78 is 33.3. The monoisotopic (exact) mass is 422 g/mol. The molecule has 0 aliphatic carbocycles. The van der Waals surface area contributed by atoms with Crippen LogP contribution in [0.3, 0.4) is 0 Å². The summed E-state index contributed by atoms with van der Waals surface area (Å²) in [6.45, 7) is 2.42. The molecular weight excluding hydrogens is 396 g/mol. The van der Waals surface area contributed by atoms with E-state index in [9.17, 15) is 13.2 Å². The van der Waals surface area contributed by atoms with Gasteiger partial charge in [0.2, 0.25) is 10.0 Å². The number of nitrogens with zero attached hydrogens (tertiary/aromatic N) is 5. The number of hydrogen-bond donors (Lipinski definition) is 1. The number of rotatable bonds is 4. The predicted octanol–water partition coefficient (Wildman–Crippen LogP) is 1.13. The third-order valence-corrected chi connectivity index (χ3v) is 6.80. The lowest BCUT2D eigenvalue weighted by Gasteiger charge is -2.33. The minimum Gasteiger partial charge on any atom is -0.467 e. The van der Waals surface area contributed by atoms with E-state index in [1.54, 1.807) is 17.2 Å². The van der Waals surface area contributed by atoms with E-state index >= 15 is 0 Å². The molecule has 1 saturated heterocycles. The summed E-state index contributed by atoms with van der Waals surface area (Å²) in [4.78, 5) is 14.3. The Bertz CT molecular complexity index is 955. The van der Waals surface area contributed by atoms with Crippen molar-refractivity contribution in [3.63, 3.8) is 0 Å². The molecule has 4 rings (SSSR count). The summed E-state index contributed by atoms with van der Waals surface area (Å²) in [6.07, 6.45) is 5.95. The van der Waals surface area contributed by atoms with Crippen LogP contribution in [-0.4, -0.2) is 64.3 Å². The molecule has 1 N–H and O–H groups in total. The number of carbonyl (C=O) groups excluding carboxylic acids is 1. The van der Waals surface area contributed by atoms with Crippen LogP contribution < -0.4 is 5.32 Å². The lowest BCUT2D eigenvalue weighted by atomic mass is 10.0. The third kappa shape index (κ3) is 4.30. The Balaban J connectivity index is 1.46. The second-order valence-corrected chi connectivity index (χ2v) is 9.42. The number of hydrogen-bond acceptors (Lipinski definition) is 6. The summed E-state index contributed by atoms with van der Waals surface area (Å²) in [5.41, 5.74) is 0. The van der Waals surface area contributed by atoms with Gasteiger partial charge in [0.1, 0.15) is 11.6 Å².